The van der Waals surface area contributed by atoms with Crippen molar-refractivity contribution in [3.05, 3.63) is 109 Å². The summed E-state index contributed by atoms with van der Waals surface area (Å²) in [6, 6.07) is 18.2. The standard InChI is InChI=1S/C45H35N11O19S5.3O3S/c1-20(57)48-24-5-7-25(8-6-24)49-56-41-37(79(70,71)72)18-28-26(43(41)59)9-13-32(45(28)80(73,74)75)53-55-40-36(78(67,68)69)16-23-4-12-31(44(60)38(23)39(40)47)52-54-33-17-27-22(15-35(33)77(64,65)66)3-11-30(42(27)58)51-50-29-10-2-21(19-46)14-34(29)76(61,62)63;3*1-4(2)3/h2-18,58-60H,19,46-47H2,1H3,(H,48,57)(H,61,62,63)(H,64,65,66)(H,67,68,69)(H,70,71,72)(H,73,74,75);;;. The molecular formula is C45H35N11O28S8. The molecule has 0 heterocycles. The SMILES string of the molecule is CC(=O)Nc1ccc(N=Nc2c(S(=O)(=O)O)cc3c(S(=O)(=O)O)c(N=Nc4c(S(=O)(=O)O)cc5ccc(N=Nc6cc7c(O)c(N=Nc8ccc(CN)cc8S(=O)(=O)O)ccc7cc6S(=O)(=O)O)c(O)c5c4N)ccc3c2O)cc1.O=S(=O)=O.O=S(=O)=O.O=S(=O)=O. The number of hydrogen-bond acceptors (Lipinski definition) is 33. The average molecular weight is 1430 g/mol. The third-order valence-corrected chi connectivity index (χ3v) is 15.8. The first-order chi connectivity index (χ1) is 42.4. The molecule has 13 N–H and O–H groups in total. The van der Waals surface area contributed by atoms with Gasteiger partial charge in [-0.25, -0.2) is 0 Å². The quantitative estimate of drug-likeness (QED) is 0.0311. The third kappa shape index (κ3) is 18.6. The number of aromatic hydroxyl groups is 3. The summed E-state index contributed by atoms with van der Waals surface area (Å²) in [5.74, 6) is -3.14. The lowest BCUT2D eigenvalue weighted by Gasteiger charge is -2.13. The molecule has 0 saturated heterocycles. The fourth-order valence-electron chi connectivity index (χ4n) is 7.76. The van der Waals surface area contributed by atoms with E-state index in [-0.39, 0.29) is 39.8 Å². The highest BCUT2D eigenvalue weighted by Crippen LogP contribution is 2.49. The van der Waals surface area contributed by atoms with E-state index in [0.717, 1.165) is 54.6 Å². The van der Waals surface area contributed by atoms with Gasteiger partial charge < -0.3 is 32.1 Å². The van der Waals surface area contributed by atoms with Crippen molar-refractivity contribution in [2.45, 2.75) is 37.9 Å². The number of carbonyl (C=O) groups is 1. The molecule has 8 aromatic carbocycles. The first-order valence-corrected chi connectivity index (χ1v) is 33.4. The van der Waals surface area contributed by atoms with Gasteiger partial charge in [0.15, 0.2) is 17.2 Å². The molecule has 0 aliphatic rings. The summed E-state index contributed by atoms with van der Waals surface area (Å²) < 4.78 is 253. The Balaban J connectivity index is 0.00000118. The number of nitrogens with one attached hydrogen (secondary N) is 1. The Morgan fingerprint density at radius 1 is 0.435 bits per heavy atom. The summed E-state index contributed by atoms with van der Waals surface area (Å²) in [7, 11) is -35.7. The molecule has 8 aromatic rings. The van der Waals surface area contributed by atoms with Crippen LogP contribution in [-0.2, 0) is 93.8 Å². The number of hydrogen-bond donors (Lipinski definition) is 11. The van der Waals surface area contributed by atoms with Crippen LogP contribution in [0, 0.1) is 0 Å². The Bertz CT molecular complexity index is 5410. The van der Waals surface area contributed by atoms with Gasteiger partial charge in [-0.1, -0.05) is 18.2 Å². The summed E-state index contributed by atoms with van der Waals surface area (Å²) in [6.45, 7) is 1.16. The molecule has 92 heavy (non-hydrogen) atoms. The first kappa shape index (κ1) is 72.7. The second kappa shape index (κ2) is 28.9. The van der Waals surface area contributed by atoms with E-state index in [1.54, 1.807) is 0 Å². The minimum atomic E-state index is -5.59. The van der Waals surface area contributed by atoms with E-state index in [2.05, 4.69) is 46.2 Å². The van der Waals surface area contributed by atoms with Crippen molar-refractivity contribution in [2.75, 3.05) is 11.1 Å². The molecule has 8 rings (SSSR count). The summed E-state index contributed by atoms with van der Waals surface area (Å²) >= 11 is 0. The number of benzene rings is 8. The molecule has 47 heteroatoms. The summed E-state index contributed by atoms with van der Waals surface area (Å²) in [6.07, 6.45) is 0. The third-order valence-electron chi connectivity index (χ3n) is 11.3. The Morgan fingerprint density at radius 3 is 1.38 bits per heavy atom. The highest BCUT2D eigenvalue weighted by Gasteiger charge is 2.30. The van der Waals surface area contributed by atoms with Crippen molar-refractivity contribution in [2.24, 2.45) is 46.6 Å². The van der Waals surface area contributed by atoms with E-state index in [9.17, 15) is 85.0 Å². The van der Waals surface area contributed by atoms with Crippen LogP contribution in [0.25, 0.3) is 32.3 Å². The number of fused-ring (bicyclic) bond motifs is 3. The monoisotopic (exact) mass is 1430 g/mol. The minimum absolute atomic E-state index is 0.0337. The van der Waals surface area contributed by atoms with Gasteiger partial charge in [0.2, 0.25) is 5.91 Å². The van der Waals surface area contributed by atoms with Gasteiger partial charge in [-0.2, -0.15) is 47.2 Å². The average Bonchev–Trinajstić information content (AvgIpc) is 0.756. The summed E-state index contributed by atoms with van der Waals surface area (Å²) in [5.41, 5.74) is 7.00. The molecular weight excluding hydrogens is 1400 g/mol. The number of phenolic OH excluding ortho intramolecular Hbond substituents is 3. The van der Waals surface area contributed by atoms with E-state index in [0.29, 0.717) is 17.3 Å². The van der Waals surface area contributed by atoms with Crippen LogP contribution in [0.5, 0.6) is 17.2 Å². The predicted octanol–water partition coefficient (Wildman–Crippen LogP) is 6.15. The van der Waals surface area contributed by atoms with E-state index in [1.807, 2.05) is 0 Å². The van der Waals surface area contributed by atoms with Crippen molar-refractivity contribution in [3.63, 3.8) is 0 Å². The highest BCUT2D eigenvalue weighted by atomic mass is 32.2. The largest absolute Gasteiger partial charge is 0.505 e. The number of amides is 1. The van der Waals surface area contributed by atoms with Crippen LogP contribution in [0.3, 0.4) is 0 Å². The van der Waals surface area contributed by atoms with Gasteiger partial charge in [0.25, 0.3) is 50.6 Å². The van der Waals surface area contributed by atoms with Crippen molar-refractivity contribution in [1.82, 2.24) is 0 Å². The van der Waals surface area contributed by atoms with Crippen LogP contribution in [-0.4, -0.2) is 124 Å². The molecule has 0 saturated carbocycles. The van der Waals surface area contributed by atoms with Crippen LogP contribution in [0.2, 0.25) is 0 Å². The number of nitrogens with zero attached hydrogens (tertiary/aromatic N) is 8. The van der Waals surface area contributed by atoms with Crippen LogP contribution in [0.1, 0.15) is 12.5 Å². The molecule has 0 spiro atoms. The Morgan fingerprint density at radius 2 is 0.870 bits per heavy atom. The Labute approximate surface area is 518 Å². The molecule has 0 unspecified atom stereocenters. The van der Waals surface area contributed by atoms with Crippen LogP contribution in [0.15, 0.2) is 169 Å². The molecule has 0 fully saturated rings. The molecule has 0 radical (unpaired) electrons. The second-order valence-electron chi connectivity index (χ2n) is 17.2. The molecule has 0 aliphatic heterocycles. The summed E-state index contributed by atoms with van der Waals surface area (Å²) in [5, 5.41) is 64.6. The zero-order valence-electron chi connectivity index (χ0n) is 44.8. The van der Waals surface area contributed by atoms with Gasteiger partial charge in [0, 0.05) is 35.3 Å². The van der Waals surface area contributed by atoms with E-state index in [4.69, 9.17) is 49.3 Å². The van der Waals surface area contributed by atoms with E-state index in [1.165, 1.54) is 49.4 Å². The molecule has 1 amide bonds. The first-order valence-electron chi connectivity index (χ1n) is 23.2. The number of azo groups is 4. The van der Waals surface area contributed by atoms with Gasteiger partial charge >= 0.3 is 31.8 Å². The molecule has 0 bridgehead atoms. The maximum absolute atomic E-state index is 13.0. The van der Waals surface area contributed by atoms with Gasteiger partial charge in [-0.05, 0) is 101 Å². The van der Waals surface area contributed by atoms with Gasteiger partial charge in [0.1, 0.15) is 64.3 Å². The van der Waals surface area contributed by atoms with Gasteiger partial charge in [-0.3, -0.25) is 27.6 Å². The Kier molecular flexibility index (Phi) is 22.8. The normalized spacial score (nSPS) is 12.1. The van der Waals surface area contributed by atoms with Crippen molar-refractivity contribution in [1.29, 1.82) is 0 Å². The van der Waals surface area contributed by atoms with E-state index < -0.39 is 180 Å². The fourth-order valence-corrected chi connectivity index (χ4v) is 11.2. The number of phenols is 3. The smallest absolute Gasteiger partial charge is 0.425 e. The number of carbonyl (C=O) groups excluding carboxylic acids is 1. The lowest BCUT2D eigenvalue weighted by Crippen LogP contribution is -2.04. The molecule has 39 nitrogen and oxygen atoms in total. The van der Waals surface area contributed by atoms with E-state index >= 15 is 0 Å². The van der Waals surface area contributed by atoms with Crippen LogP contribution < -0.4 is 16.8 Å². The maximum atomic E-state index is 13.0. The number of nitrogens with two attached hydrogens (primary N) is 2. The molecule has 0 aromatic heterocycles. The highest BCUT2D eigenvalue weighted by molar-refractivity contribution is 7.87. The van der Waals surface area contributed by atoms with Crippen molar-refractivity contribution < 1.29 is 123 Å². The predicted molar refractivity (Wildman–Crippen MR) is 311 cm³/mol. The lowest BCUT2D eigenvalue weighted by atomic mass is 10.1. The van der Waals surface area contributed by atoms with Gasteiger partial charge in [0.05, 0.1) is 16.8 Å². The zero-order valence-corrected chi connectivity index (χ0v) is 51.3. The van der Waals surface area contributed by atoms with Crippen molar-refractivity contribution >= 4 is 178 Å². The number of anilines is 2. The second-order valence-corrected chi connectivity index (χ2v) is 25.4. The molecule has 486 valence electrons. The maximum Gasteiger partial charge on any atom is 0.425 e. The van der Waals surface area contributed by atoms with Crippen molar-refractivity contribution in [3.8, 4) is 17.2 Å². The zero-order chi connectivity index (χ0) is 69.3. The van der Waals surface area contributed by atoms with Gasteiger partial charge in [-0.15, -0.1) is 73.7 Å². The minimum Gasteiger partial charge on any atom is -0.505 e. The van der Waals surface area contributed by atoms with Crippen LogP contribution >= 0.6 is 0 Å². The lowest BCUT2D eigenvalue weighted by molar-refractivity contribution is -0.114. The van der Waals surface area contributed by atoms with Crippen LogP contribution in [0.4, 0.5) is 56.9 Å². The Hall–Kier alpha value is -10.0. The summed E-state index contributed by atoms with van der Waals surface area (Å²) in [4.78, 5) is 6.17. The molecule has 0 atom stereocenters. The topological polar surface area (TPSA) is 666 Å². The number of rotatable bonds is 15. The molecule has 0 aliphatic carbocycles. The number of nitrogen functional groups attached to an aromatic ring is 1. The fraction of sp³-hybridized carbons (Fsp3) is 0.0444.